The second-order valence-corrected chi connectivity index (χ2v) is 15.8. The number of benzene rings is 6. The Hall–Kier alpha value is -6.07. The maximum atomic E-state index is 5.33. The highest BCUT2D eigenvalue weighted by atomic mass is 15.2. The lowest BCUT2D eigenvalue weighted by molar-refractivity contribution is 0.539. The van der Waals surface area contributed by atoms with Gasteiger partial charge in [0.1, 0.15) is 0 Å². The van der Waals surface area contributed by atoms with Crippen molar-refractivity contribution in [3.63, 3.8) is 0 Å². The van der Waals surface area contributed by atoms with Crippen molar-refractivity contribution in [2.45, 2.75) is 52.4 Å². The maximum Gasteiger partial charge on any atom is 0.238 e. The predicted octanol–water partition coefficient (Wildman–Crippen LogP) is 12.0. The highest BCUT2D eigenvalue weighted by Crippen LogP contribution is 2.51. The van der Waals surface area contributed by atoms with Gasteiger partial charge in [-0.25, -0.2) is 4.98 Å². The molecule has 0 saturated heterocycles. The standard InChI is InChI=1S/C47H41N5/c1-46(2,3)39-37-33-26-16-18-28-35(33)51(32-24-14-9-15-25-32)41(37)42-38(40(39)47(4,5)6)34-27-17-19-29-36(34)52(42)45-49-43(30-20-10-7-11-21-30)48-44(50-45)31-22-12-8-13-23-31/h7-29H,1-6H3. The van der Waals surface area contributed by atoms with Gasteiger partial charge in [-0.3, -0.25) is 4.57 Å². The zero-order valence-corrected chi connectivity index (χ0v) is 30.5. The lowest BCUT2D eigenvalue weighted by Gasteiger charge is -2.32. The predicted molar refractivity (Wildman–Crippen MR) is 217 cm³/mol. The molecular formula is C47H41N5. The summed E-state index contributed by atoms with van der Waals surface area (Å²) in [6.45, 7) is 14.2. The normalized spacial score (nSPS) is 12.4. The van der Waals surface area contributed by atoms with E-state index < -0.39 is 0 Å². The van der Waals surface area contributed by atoms with Gasteiger partial charge in [0, 0.05) is 38.4 Å². The van der Waals surface area contributed by atoms with Gasteiger partial charge in [0.25, 0.3) is 0 Å². The van der Waals surface area contributed by atoms with Gasteiger partial charge in [-0.15, -0.1) is 0 Å². The van der Waals surface area contributed by atoms with E-state index in [0.29, 0.717) is 17.6 Å². The molecule has 5 nitrogen and oxygen atoms in total. The zero-order valence-electron chi connectivity index (χ0n) is 30.5. The summed E-state index contributed by atoms with van der Waals surface area (Å²) < 4.78 is 4.77. The van der Waals surface area contributed by atoms with E-state index >= 15 is 0 Å². The Morgan fingerprint density at radius 1 is 0.404 bits per heavy atom. The summed E-state index contributed by atoms with van der Waals surface area (Å²) in [5, 5.41) is 4.93. The van der Waals surface area contributed by atoms with E-state index in [1.54, 1.807) is 0 Å². The van der Waals surface area contributed by atoms with Crippen LogP contribution < -0.4 is 0 Å². The fourth-order valence-electron chi connectivity index (χ4n) is 8.13. The van der Waals surface area contributed by atoms with Crippen LogP contribution in [0.2, 0.25) is 0 Å². The van der Waals surface area contributed by atoms with E-state index in [2.05, 4.69) is 154 Å². The topological polar surface area (TPSA) is 48.5 Å². The van der Waals surface area contributed by atoms with Crippen LogP contribution in [0.15, 0.2) is 140 Å². The molecule has 0 bridgehead atoms. The molecule has 5 heteroatoms. The Bertz CT molecular complexity index is 2720. The lowest BCUT2D eigenvalue weighted by Crippen LogP contribution is -2.23. The van der Waals surface area contributed by atoms with Crippen LogP contribution in [0.3, 0.4) is 0 Å². The largest absolute Gasteiger partial charge is 0.307 e. The number of hydrogen-bond donors (Lipinski definition) is 0. The molecule has 0 aliphatic rings. The van der Waals surface area contributed by atoms with Crippen molar-refractivity contribution in [2.75, 3.05) is 0 Å². The molecule has 0 spiro atoms. The van der Waals surface area contributed by atoms with E-state index in [1.165, 1.54) is 38.2 Å². The van der Waals surface area contributed by atoms with Gasteiger partial charge >= 0.3 is 0 Å². The molecular weight excluding hydrogens is 635 g/mol. The maximum absolute atomic E-state index is 5.33. The summed E-state index contributed by atoms with van der Waals surface area (Å²) in [6.07, 6.45) is 0. The molecule has 6 aromatic carbocycles. The first-order valence-electron chi connectivity index (χ1n) is 18.1. The van der Waals surface area contributed by atoms with E-state index in [4.69, 9.17) is 15.0 Å². The van der Waals surface area contributed by atoms with Crippen LogP contribution in [-0.2, 0) is 10.8 Å². The van der Waals surface area contributed by atoms with Gasteiger partial charge in [-0.1, -0.05) is 157 Å². The minimum Gasteiger partial charge on any atom is -0.307 e. The van der Waals surface area contributed by atoms with Gasteiger partial charge in [0.05, 0.1) is 22.1 Å². The van der Waals surface area contributed by atoms with Crippen LogP contribution >= 0.6 is 0 Å². The molecule has 0 aliphatic carbocycles. The van der Waals surface area contributed by atoms with Crippen LogP contribution in [0.4, 0.5) is 0 Å². The number of fused-ring (bicyclic) bond motifs is 7. The van der Waals surface area contributed by atoms with E-state index in [0.717, 1.165) is 33.4 Å². The minimum atomic E-state index is -0.191. The minimum absolute atomic E-state index is 0.169. The van der Waals surface area contributed by atoms with Crippen LogP contribution in [0.25, 0.3) is 78.0 Å². The average molecular weight is 676 g/mol. The molecule has 0 amide bonds. The quantitative estimate of drug-likeness (QED) is 0.187. The van der Waals surface area contributed by atoms with Gasteiger partial charge in [-0.05, 0) is 46.2 Å². The SMILES string of the molecule is CC(C)(C)c1c(C(C)(C)C)c2c3ccccc3n(-c3nc(-c4ccccc4)nc(-c4ccccc4)n3)c2c2c1c1ccccc1n2-c1ccccc1. The number of hydrogen-bond acceptors (Lipinski definition) is 3. The van der Waals surface area contributed by atoms with Gasteiger partial charge < -0.3 is 4.57 Å². The summed E-state index contributed by atoms with van der Waals surface area (Å²) in [7, 11) is 0. The van der Waals surface area contributed by atoms with Crippen LogP contribution in [0.1, 0.15) is 52.7 Å². The first-order valence-corrected chi connectivity index (χ1v) is 18.1. The van der Waals surface area contributed by atoms with Crippen LogP contribution in [0, 0.1) is 0 Å². The molecule has 0 aliphatic heterocycles. The second-order valence-electron chi connectivity index (χ2n) is 15.8. The summed E-state index contributed by atoms with van der Waals surface area (Å²) in [6, 6.07) is 48.9. The average Bonchev–Trinajstić information content (AvgIpc) is 3.68. The van der Waals surface area contributed by atoms with Crippen molar-refractivity contribution in [1.82, 2.24) is 24.1 Å². The van der Waals surface area contributed by atoms with Crippen molar-refractivity contribution < 1.29 is 0 Å². The summed E-state index contributed by atoms with van der Waals surface area (Å²) >= 11 is 0. The molecule has 254 valence electrons. The Kier molecular flexibility index (Phi) is 7.20. The van der Waals surface area contributed by atoms with Crippen molar-refractivity contribution in [3.05, 3.63) is 151 Å². The smallest absolute Gasteiger partial charge is 0.238 e. The van der Waals surface area contributed by atoms with Crippen molar-refractivity contribution in [3.8, 4) is 34.4 Å². The zero-order chi connectivity index (χ0) is 35.8. The number of para-hydroxylation sites is 3. The fourth-order valence-corrected chi connectivity index (χ4v) is 8.13. The molecule has 0 fully saturated rings. The van der Waals surface area contributed by atoms with Gasteiger partial charge in [0.15, 0.2) is 11.6 Å². The molecule has 0 radical (unpaired) electrons. The Balaban J connectivity index is 1.59. The van der Waals surface area contributed by atoms with E-state index in [1.807, 2.05) is 36.4 Å². The summed E-state index contributed by atoms with van der Waals surface area (Å²) in [4.78, 5) is 15.7. The lowest BCUT2D eigenvalue weighted by atomic mass is 9.71. The molecule has 52 heavy (non-hydrogen) atoms. The first kappa shape index (κ1) is 31.9. The Labute approximate surface area is 304 Å². The summed E-state index contributed by atoms with van der Waals surface area (Å²) in [5.41, 5.74) is 9.85. The molecule has 3 heterocycles. The second kappa shape index (κ2) is 11.7. The van der Waals surface area contributed by atoms with E-state index in [9.17, 15) is 0 Å². The molecule has 9 rings (SSSR count). The highest BCUT2D eigenvalue weighted by molar-refractivity contribution is 6.26. The third-order valence-corrected chi connectivity index (χ3v) is 10.1. The molecule has 0 N–H and O–H groups in total. The molecule has 0 atom stereocenters. The number of aromatic nitrogens is 5. The third-order valence-electron chi connectivity index (χ3n) is 10.1. The number of nitrogens with zero attached hydrogens (tertiary/aromatic N) is 5. The van der Waals surface area contributed by atoms with Crippen molar-refractivity contribution in [1.29, 1.82) is 0 Å². The number of rotatable bonds is 4. The van der Waals surface area contributed by atoms with Crippen LogP contribution in [-0.4, -0.2) is 24.1 Å². The summed E-state index contributed by atoms with van der Waals surface area (Å²) in [5.74, 6) is 1.86. The Morgan fingerprint density at radius 2 is 0.788 bits per heavy atom. The highest BCUT2D eigenvalue weighted by Gasteiger charge is 2.36. The molecule has 3 aromatic heterocycles. The first-order chi connectivity index (χ1) is 25.1. The van der Waals surface area contributed by atoms with Gasteiger partial charge in [0.2, 0.25) is 5.95 Å². The third kappa shape index (κ3) is 4.95. The van der Waals surface area contributed by atoms with Crippen LogP contribution in [0.5, 0.6) is 0 Å². The monoisotopic (exact) mass is 675 g/mol. The fraction of sp³-hybridized carbons (Fsp3) is 0.170. The van der Waals surface area contributed by atoms with Gasteiger partial charge in [-0.2, -0.15) is 9.97 Å². The molecule has 0 saturated carbocycles. The molecule has 9 aromatic rings. The molecule has 0 unspecified atom stereocenters. The van der Waals surface area contributed by atoms with E-state index in [-0.39, 0.29) is 10.8 Å². The Morgan fingerprint density at radius 3 is 1.25 bits per heavy atom. The van der Waals surface area contributed by atoms with Crippen molar-refractivity contribution in [2.24, 2.45) is 0 Å². The van der Waals surface area contributed by atoms with Crippen molar-refractivity contribution >= 4 is 43.6 Å².